The van der Waals surface area contributed by atoms with Crippen molar-refractivity contribution in [3.8, 4) is 0 Å². The molecule has 0 bridgehead atoms. The summed E-state index contributed by atoms with van der Waals surface area (Å²) in [5, 5.41) is 1.15. The third-order valence-electron chi connectivity index (χ3n) is 5.35. The second-order valence-electron chi connectivity index (χ2n) is 7.61. The molecule has 0 amide bonds. The summed E-state index contributed by atoms with van der Waals surface area (Å²) >= 11 is 0. The normalized spacial score (nSPS) is 11.7. The van der Waals surface area contributed by atoms with Gasteiger partial charge in [0.15, 0.2) is 0 Å². The topological polar surface area (TPSA) is 56.4 Å². The van der Waals surface area contributed by atoms with Gasteiger partial charge >= 0.3 is 0 Å². The number of nitrogens with zero attached hydrogens (tertiary/aromatic N) is 3. The lowest BCUT2D eigenvalue weighted by molar-refractivity contribution is 0.575. The molecule has 0 radical (unpaired) electrons. The fourth-order valence-corrected chi connectivity index (χ4v) is 3.84. The maximum Gasteiger partial charge on any atom is 0.267 e. The van der Waals surface area contributed by atoms with Crippen LogP contribution in [0.25, 0.3) is 27.6 Å². The first-order valence-electron chi connectivity index (χ1n) is 9.97. The maximum atomic E-state index is 13.4. The number of rotatable bonds is 5. The van der Waals surface area contributed by atoms with Crippen molar-refractivity contribution in [2.75, 3.05) is 0 Å². The molecule has 0 spiro atoms. The van der Waals surface area contributed by atoms with E-state index in [4.69, 9.17) is 4.98 Å². The van der Waals surface area contributed by atoms with Gasteiger partial charge in [0.25, 0.3) is 11.1 Å². The van der Waals surface area contributed by atoms with E-state index in [0.29, 0.717) is 34.1 Å². The molecule has 0 unspecified atom stereocenters. The van der Waals surface area contributed by atoms with Crippen LogP contribution in [0, 0.1) is 13.8 Å². The van der Waals surface area contributed by atoms with E-state index in [1.807, 2.05) is 50.2 Å². The smallest absolute Gasteiger partial charge is 0.267 e. The Morgan fingerprint density at radius 2 is 1.57 bits per heavy atom. The van der Waals surface area contributed by atoms with Crippen molar-refractivity contribution >= 4 is 27.6 Å². The fourth-order valence-electron chi connectivity index (χ4n) is 3.84. The molecule has 5 nitrogen and oxygen atoms in total. The first-order chi connectivity index (χ1) is 13.5. The summed E-state index contributed by atoms with van der Waals surface area (Å²) in [6.45, 7) is 6.65. The van der Waals surface area contributed by atoms with Crippen LogP contribution >= 0.6 is 0 Å². The third-order valence-corrected chi connectivity index (χ3v) is 5.35. The van der Waals surface area contributed by atoms with Crippen molar-refractivity contribution in [1.82, 2.24) is 14.0 Å². The second-order valence-corrected chi connectivity index (χ2v) is 7.61. The van der Waals surface area contributed by atoms with Crippen LogP contribution in [0.1, 0.15) is 43.7 Å². The third kappa shape index (κ3) is 3.01. The van der Waals surface area contributed by atoms with Crippen LogP contribution in [0.5, 0.6) is 0 Å². The summed E-state index contributed by atoms with van der Waals surface area (Å²) in [6.07, 6.45) is 4.21. The Kier molecular flexibility index (Phi) is 4.75. The Labute approximate surface area is 163 Å². The lowest BCUT2D eigenvalue weighted by atomic mass is 10.1. The van der Waals surface area contributed by atoms with Crippen molar-refractivity contribution in [3.63, 3.8) is 0 Å². The van der Waals surface area contributed by atoms with Gasteiger partial charge in [-0.05, 0) is 44.5 Å². The highest BCUT2D eigenvalue weighted by molar-refractivity contribution is 5.85. The number of hydrogen-bond donors (Lipinski definition) is 0. The maximum absolute atomic E-state index is 13.4. The van der Waals surface area contributed by atoms with Crippen molar-refractivity contribution in [2.24, 2.45) is 0 Å². The molecule has 2 aromatic heterocycles. The van der Waals surface area contributed by atoms with Crippen molar-refractivity contribution < 1.29 is 0 Å². The number of benzene rings is 2. The summed E-state index contributed by atoms with van der Waals surface area (Å²) in [7, 11) is 0. The Balaban J connectivity index is 2.11. The molecule has 0 N–H and O–H groups in total. The largest absolute Gasteiger partial charge is 0.278 e. The van der Waals surface area contributed by atoms with E-state index >= 15 is 0 Å². The van der Waals surface area contributed by atoms with E-state index in [2.05, 4.69) is 6.92 Å². The highest BCUT2D eigenvalue weighted by atomic mass is 16.1. The molecular formula is C23H25N3O2. The summed E-state index contributed by atoms with van der Waals surface area (Å²) in [4.78, 5) is 31.4. The van der Waals surface area contributed by atoms with Gasteiger partial charge in [-0.2, -0.15) is 0 Å². The Hall–Kier alpha value is -2.95. The van der Waals surface area contributed by atoms with E-state index in [9.17, 15) is 9.59 Å². The van der Waals surface area contributed by atoms with Gasteiger partial charge < -0.3 is 0 Å². The van der Waals surface area contributed by atoms with Crippen LogP contribution in [-0.2, 0) is 6.54 Å². The number of unbranched alkanes of at least 4 members (excludes halogenated alkanes) is 3. The van der Waals surface area contributed by atoms with Gasteiger partial charge in [0.2, 0.25) is 5.78 Å². The van der Waals surface area contributed by atoms with Gasteiger partial charge in [0, 0.05) is 6.54 Å². The first-order valence-corrected chi connectivity index (χ1v) is 9.97. The molecule has 0 saturated heterocycles. The van der Waals surface area contributed by atoms with Gasteiger partial charge in [-0.15, -0.1) is 0 Å². The zero-order valence-electron chi connectivity index (χ0n) is 16.7. The molecule has 0 atom stereocenters. The molecule has 2 heterocycles. The molecule has 5 heteroatoms. The summed E-state index contributed by atoms with van der Waals surface area (Å²) < 4.78 is 3.29. The molecule has 2 aromatic carbocycles. The van der Waals surface area contributed by atoms with Gasteiger partial charge in [-0.25, -0.2) is 9.38 Å². The predicted molar refractivity (Wildman–Crippen MR) is 114 cm³/mol. The van der Waals surface area contributed by atoms with Crippen molar-refractivity contribution in [2.45, 2.75) is 53.0 Å². The minimum absolute atomic E-state index is 0.0754. The minimum atomic E-state index is -0.125. The summed E-state index contributed by atoms with van der Waals surface area (Å²) in [5.74, 6) is 0.430. The SMILES string of the molecule is CCCCCCn1c(=O)c2cc(C)ccc2n2c(=O)c3cc(C)ccc3nc12. The first kappa shape index (κ1) is 18.4. The second kappa shape index (κ2) is 7.23. The average Bonchev–Trinajstić information content (AvgIpc) is 2.68. The molecule has 28 heavy (non-hydrogen) atoms. The molecule has 0 aliphatic rings. The Morgan fingerprint density at radius 3 is 2.32 bits per heavy atom. The van der Waals surface area contributed by atoms with E-state index in [1.54, 1.807) is 8.97 Å². The minimum Gasteiger partial charge on any atom is -0.278 e. The van der Waals surface area contributed by atoms with Crippen LogP contribution < -0.4 is 11.1 Å². The highest BCUT2D eigenvalue weighted by Gasteiger charge is 2.15. The lowest BCUT2D eigenvalue weighted by Crippen LogP contribution is -2.29. The summed E-state index contributed by atoms with van der Waals surface area (Å²) in [5.41, 5.74) is 3.06. The highest BCUT2D eigenvalue weighted by Crippen LogP contribution is 2.17. The molecule has 0 fully saturated rings. The van der Waals surface area contributed by atoms with Gasteiger partial charge in [-0.1, -0.05) is 49.4 Å². The van der Waals surface area contributed by atoms with E-state index in [1.165, 1.54) is 0 Å². The van der Waals surface area contributed by atoms with Gasteiger partial charge in [-0.3, -0.25) is 14.2 Å². The quantitative estimate of drug-likeness (QED) is 0.296. The predicted octanol–water partition coefficient (Wildman–Crippen LogP) is 4.36. The fraction of sp³-hybridized carbons (Fsp3) is 0.348. The van der Waals surface area contributed by atoms with Gasteiger partial charge in [0.1, 0.15) is 0 Å². The van der Waals surface area contributed by atoms with Crippen LogP contribution in [0.4, 0.5) is 0 Å². The van der Waals surface area contributed by atoms with Crippen molar-refractivity contribution in [3.05, 3.63) is 68.2 Å². The average molecular weight is 375 g/mol. The summed E-state index contributed by atoms with van der Waals surface area (Å²) in [6, 6.07) is 11.3. The van der Waals surface area contributed by atoms with Crippen LogP contribution in [0.3, 0.4) is 0 Å². The molecule has 0 saturated carbocycles. The van der Waals surface area contributed by atoms with Crippen LogP contribution in [0.2, 0.25) is 0 Å². The molecular weight excluding hydrogens is 350 g/mol. The van der Waals surface area contributed by atoms with Crippen LogP contribution in [0.15, 0.2) is 46.0 Å². The zero-order valence-corrected chi connectivity index (χ0v) is 16.7. The number of aryl methyl sites for hydroxylation is 3. The number of fused-ring (bicyclic) bond motifs is 4. The molecule has 0 aliphatic heterocycles. The monoisotopic (exact) mass is 375 g/mol. The van der Waals surface area contributed by atoms with Crippen LogP contribution in [-0.4, -0.2) is 14.0 Å². The lowest BCUT2D eigenvalue weighted by Gasteiger charge is -2.14. The van der Waals surface area contributed by atoms with E-state index in [-0.39, 0.29) is 11.1 Å². The molecule has 0 aliphatic carbocycles. The Bertz CT molecular complexity index is 1320. The Morgan fingerprint density at radius 1 is 0.857 bits per heavy atom. The molecule has 4 rings (SSSR count). The number of hydrogen-bond acceptors (Lipinski definition) is 3. The van der Waals surface area contributed by atoms with Crippen molar-refractivity contribution in [1.29, 1.82) is 0 Å². The molecule has 144 valence electrons. The standard InChI is InChI=1S/C23H25N3O2/c1-4-5-6-7-12-25-21(27)18-14-16(3)9-11-20(18)26-22(28)17-13-15(2)8-10-19(17)24-23(25)26/h8-11,13-14H,4-7,12H2,1-3H3. The van der Waals surface area contributed by atoms with Gasteiger partial charge in [0.05, 0.1) is 21.8 Å². The zero-order chi connectivity index (χ0) is 19.8. The number of aromatic nitrogens is 3. The molecule has 4 aromatic rings. The van der Waals surface area contributed by atoms with E-state index in [0.717, 1.165) is 36.8 Å². The van der Waals surface area contributed by atoms with E-state index < -0.39 is 0 Å².